The molecule has 1 aromatic carbocycles. The molecule has 0 unspecified atom stereocenters. The number of quaternary nitrogens is 1. The van der Waals surface area contributed by atoms with Crippen LogP contribution in [0.5, 0.6) is 0 Å². The first-order valence-corrected chi connectivity index (χ1v) is 6.25. The molecule has 0 bridgehead atoms. The maximum Gasteiger partial charge on any atom is 0.102 e. The minimum atomic E-state index is 0.345. The molecule has 0 heterocycles. The van der Waals surface area contributed by atoms with Crippen LogP contribution in [0, 0.1) is 0 Å². The topological polar surface area (TPSA) is 16.6 Å². The molecular weight excluding hydrogens is 194 g/mol. The highest BCUT2D eigenvalue weighted by Crippen LogP contribution is 2.15. The van der Waals surface area contributed by atoms with E-state index in [2.05, 4.69) is 62.2 Å². The Morgan fingerprint density at radius 3 is 2.31 bits per heavy atom. The molecule has 88 valence electrons. The largest absolute Gasteiger partial charge is 0.337 e. The van der Waals surface area contributed by atoms with Gasteiger partial charge in [-0.1, -0.05) is 50.3 Å². The second-order valence-corrected chi connectivity index (χ2v) is 4.46. The van der Waals surface area contributed by atoms with Crippen molar-refractivity contribution in [1.82, 2.24) is 0 Å². The molecular formula is C15H24N+. The summed E-state index contributed by atoms with van der Waals surface area (Å²) >= 11 is 0. The van der Waals surface area contributed by atoms with Crippen LogP contribution in [0.3, 0.4) is 0 Å². The van der Waals surface area contributed by atoms with Crippen LogP contribution in [0.15, 0.2) is 43.0 Å². The Labute approximate surface area is 99.6 Å². The Kier molecular flexibility index (Phi) is 5.27. The highest BCUT2D eigenvalue weighted by molar-refractivity contribution is 5.13. The van der Waals surface area contributed by atoms with E-state index in [1.165, 1.54) is 18.4 Å². The monoisotopic (exact) mass is 218 g/mol. The molecule has 1 aromatic rings. The summed E-state index contributed by atoms with van der Waals surface area (Å²) in [5, 5.41) is 2.48. The molecule has 0 fully saturated rings. The lowest BCUT2D eigenvalue weighted by atomic mass is 9.89. The second kappa shape index (κ2) is 6.49. The van der Waals surface area contributed by atoms with Crippen molar-refractivity contribution in [2.45, 2.75) is 45.2 Å². The summed E-state index contributed by atoms with van der Waals surface area (Å²) in [5.74, 6) is 0. The summed E-state index contributed by atoms with van der Waals surface area (Å²) in [5.41, 5.74) is 1.75. The molecule has 1 rings (SSSR count). The average Bonchev–Trinajstić information content (AvgIpc) is 2.36. The van der Waals surface area contributed by atoms with Crippen LogP contribution < -0.4 is 5.32 Å². The zero-order valence-electron chi connectivity index (χ0n) is 10.6. The van der Waals surface area contributed by atoms with Gasteiger partial charge in [0.25, 0.3) is 0 Å². The van der Waals surface area contributed by atoms with Gasteiger partial charge in [-0.05, 0) is 12.8 Å². The third kappa shape index (κ3) is 3.49. The van der Waals surface area contributed by atoms with Crippen molar-refractivity contribution < 1.29 is 5.32 Å². The predicted molar refractivity (Wildman–Crippen MR) is 70.2 cm³/mol. The van der Waals surface area contributed by atoms with Crippen LogP contribution in [0.25, 0.3) is 0 Å². The normalized spacial score (nSPS) is 11.4. The summed E-state index contributed by atoms with van der Waals surface area (Å²) in [6.45, 7) is 9.49. The fourth-order valence-electron chi connectivity index (χ4n) is 2.15. The van der Waals surface area contributed by atoms with Crippen LogP contribution in [-0.2, 0) is 6.54 Å². The minimum absolute atomic E-state index is 0.345. The molecule has 0 aliphatic carbocycles. The van der Waals surface area contributed by atoms with Gasteiger partial charge in [0.1, 0.15) is 6.54 Å². The molecule has 0 aliphatic heterocycles. The van der Waals surface area contributed by atoms with Crippen LogP contribution in [0.2, 0.25) is 0 Å². The third-order valence-corrected chi connectivity index (χ3v) is 3.57. The van der Waals surface area contributed by atoms with Gasteiger partial charge < -0.3 is 5.32 Å². The fourth-order valence-corrected chi connectivity index (χ4v) is 2.15. The molecule has 0 aliphatic rings. The van der Waals surface area contributed by atoms with E-state index in [1.54, 1.807) is 0 Å². The van der Waals surface area contributed by atoms with Crippen molar-refractivity contribution in [3.05, 3.63) is 48.6 Å². The van der Waals surface area contributed by atoms with Gasteiger partial charge in [0, 0.05) is 12.0 Å². The fraction of sp³-hybridized carbons (Fsp3) is 0.467. The Balaban J connectivity index is 2.59. The lowest BCUT2D eigenvalue weighted by Gasteiger charge is -2.28. The highest BCUT2D eigenvalue weighted by atomic mass is 15.0. The van der Waals surface area contributed by atoms with E-state index in [1.807, 2.05) is 0 Å². The van der Waals surface area contributed by atoms with Crippen molar-refractivity contribution in [1.29, 1.82) is 0 Å². The van der Waals surface area contributed by atoms with Gasteiger partial charge in [0.15, 0.2) is 0 Å². The van der Waals surface area contributed by atoms with Crippen molar-refractivity contribution in [3.8, 4) is 0 Å². The molecule has 0 spiro atoms. The first-order chi connectivity index (χ1) is 7.76. The first kappa shape index (κ1) is 13.0. The maximum absolute atomic E-state index is 3.88. The Morgan fingerprint density at radius 2 is 1.81 bits per heavy atom. The molecule has 0 atom stereocenters. The molecule has 2 N–H and O–H groups in total. The average molecular weight is 218 g/mol. The predicted octanol–water partition coefficient (Wildman–Crippen LogP) is 2.88. The van der Waals surface area contributed by atoms with Crippen molar-refractivity contribution in [2.24, 2.45) is 0 Å². The first-order valence-electron chi connectivity index (χ1n) is 6.25. The smallest absolute Gasteiger partial charge is 0.102 e. The maximum atomic E-state index is 3.88. The molecule has 0 saturated carbocycles. The molecule has 1 nitrogen and oxygen atoms in total. The number of hydrogen-bond acceptors (Lipinski definition) is 0. The quantitative estimate of drug-likeness (QED) is 0.678. The summed E-state index contributed by atoms with van der Waals surface area (Å²) in [7, 11) is 0. The van der Waals surface area contributed by atoms with E-state index >= 15 is 0 Å². The summed E-state index contributed by atoms with van der Waals surface area (Å²) < 4.78 is 0. The molecule has 1 heteroatoms. The van der Waals surface area contributed by atoms with Gasteiger partial charge in [0.05, 0.1) is 5.54 Å². The van der Waals surface area contributed by atoms with Gasteiger partial charge in [-0.25, -0.2) is 0 Å². The van der Waals surface area contributed by atoms with E-state index in [0.717, 1.165) is 13.0 Å². The minimum Gasteiger partial charge on any atom is -0.337 e. The Hall–Kier alpha value is -1.08. The molecule has 0 radical (unpaired) electrons. The van der Waals surface area contributed by atoms with E-state index in [0.29, 0.717) is 5.54 Å². The SMILES string of the molecule is C=CCC(CC)(CC)[NH2+]Cc1ccccc1. The van der Waals surface area contributed by atoms with Crippen LogP contribution in [0.1, 0.15) is 38.7 Å². The van der Waals surface area contributed by atoms with Crippen molar-refractivity contribution >= 4 is 0 Å². The van der Waals surface area contributed by atoms with Crippen LogP contribution in [0.4, 0.5) is 0 Å². The lowest BCUT2D eigenvalue weighted by Crippen LogP contribution is -2.95. The number of benzene rings is 1. The van der Waals surface area contributed by atoms with Crippen molar-refractivity contribution in [2.75, 3.05) is 0 Å². The van der Waals surface area contributed by atoms with E-state index in [4.69, 9.17) is 0 Å². The van der Waals surface area contributed by atoms with Gasteiger partial charge in [0.2, 0.25) is 0 Å². The summed E-state index contributed by atoms with van der Waals surface area (Å²) in [6, 6.07) is 10.7. The van der Waals surface area contributed by atoms with Crippen LogP contribution in [-0.4, -0.2) is 5.54 Å². The number of nitrogens with two attached hydrogens (primary N) is 1. The summed E-state index contributed by atoms with van der Waals surface area (Å²) in [6.07, 6.45) is 5.53. The van der Waals surface area contributed by atoms with Crippen molar-refractivity contribution in [3.63, 3.8) is 0 Å². The van der Waals surface area contributed by atoms with Gasteiger partial charge in [-0.15, -0.1) is 6.58 Å². The Bertz CT molecular complexity index is 298. The highest BCUT2D eigenvalue weighted by Gasteiger charge is 2.27. The van der Waals surface area contributed by atoms with Gasteiger partial charge >= 0.3 is 0 Å². The number of hydrogen-bond donors (Lipinski definition) is 1. The van der Waals surface area contributed by atoms with Gasteiger partial charge in [-0.3, -0.25) is 0 Å². The second-order valence-electron chi connectivity index (χ2n) is 4.46. The Morgan fingerprint density at radius 1 is 1.19 bits per heavy atom. The summed E-state index contributed by atoms with van der Waals surface area (Å²) in [4.78, 5) is 0. The standard InChI is InChI=1S/C15H23N/c1-4-12-15(5-2,6-3)16-13-14-10-8-7-9-11-14/h4,7-11,16H,1,5-6,12-13H2,2-3H3/p+1. The van der Waals surface area contributed by atoms with Crippen LogP contribution >= 0.6 is 0 Å². The number of rotatable bonds is 7. The van der Waals surface area contributed by atoms with E-state index < -0.39 is 0 Å². The molecule has 0 aromatic heterocycles. The zero-order chi connectivity index (χ0) is 11.9. The third-order valence-electron chi connectivity index (χ3n) is 3.57. The van der Waals surface area contributed by atoms with Gasteiger partial charge in [-0.2, -0.15) is 0 Å². The van der Waals surface area contributed by atoms with E-state index in [-0.39, 0.29) is 0 Å². The molecule has 16 heavy (non-hydrogen) atoms. The van der Waals surface area contributed by atoms with E-state index in [9.17, 15) is 0 Å². The zero-order valence-corrected chi connectivity index (χ0v) is 10.6. The molecule has 0 saturated heterocycles. The molecule has 0 amide bonds. The lowest BCUT2D eigenvalue weighted by molar-refractivity contribution is -0.742.